The maximum Gasteiger partial charge on any atom is 0.326 e. The zero-order chi connectivity index (χ0) is 11.4. The Morgan fingerprint density at radius 2 is 2.13 bits per heavy atom. The largest absolute Gasteiger partial charge is 0.480 e. The van der Waals surface area contributed by atoms with E-state index in [9.17, 15) is 9.59 Å². The number of hydrogen-bond acceptors (Lipinski definition) is 2. The lowest BCUT2D eigenvalue weighted by Gasteiger charge is -2.23. The molecular weight excluding hydrogens is 196 g/mol. The smallest absolute Gasteiger partial charge is 0.326 e. The summed E-state index contributed by atoms with van der Waals surface area (Å²) in [5, 5.41) is 11.6. The van der Waals surface area contributed by atoms with Crippen LogP contribution >= 0.6 is 0 Å². The van der Waals surface area contributed by atoms with Crippen molar-refractivity contribution in [1.29, 1.82) is 0 Å². The minimum absolute atomic E-state index is 0.295. The lowest BCUT2D eigenvalue weighted by Crippen LogP contribution is -2.47. The lowest BCUT2D eigenvalue weighted by atomic mass is 10.2. The molecule has 1 saturated carbocycles. The average Bonchev–Trinajstić information content (AvgIpc) is 2.97. The van der Waals surface area contributed by atoms with Crippen LogP contribution in [0.1, 0.15) is 26.2 Å². The average molecular weight is 214 g/mol. The van der Waals surface area contributed by atoms with Gasteiger partial charge in [0.05, 0.1) is 0 Å². The number of carboxylic acids is 1. The molecule has 0 saturated heterocycles. The molecule has 0 spiro atoms. The SMILES string of the molecule is CCC(C(=O)O)N(C)C(=O)NCC1CC1. The Bertz CT molecular complexity index is 251. The van der Waals surface area contributed by atoms with E-state index < -0.39 is 12.0 Å². The summed E-state index contributed by atoms with van der Waals surface area (Å²) in [6, 6.07) is -1.03. The Hall–Kier alpha value is -1.26. The van der Waals surface area contributed by atoms with E-state index in [4.69, 9.17) is 5.11 Å². The molecule has 0 aromatic carbocycles. The fraction of sp³-hybridized carbons (Fsp3) is 0.800. The lowest BCUT2D eigenvalue weighted by molar-refractivity contribution is -0.141. The van der Waals surface area contributed by atoms with Crippen molar-refractivity contribution in [1.82, 2.24) is 10.2 Å². The predicted molar refractivity (Wildman–Crippen MR) is 55.6 cm³/mol. The Balaban J connectivity index is 2.37. The highest BCUT2D eigenvalue weighted by Gasteiger charge is 2.26. The number of likely N-dealkylation sites (N-methyl/N-ethyl adjacent to an activating group) is 1. The summed E-state index contributed by atoms with van der Waals surface area (Å²) >= 11 is 0. The molecule has 1 aliphatic carbocycles. The summed E-state index contributed by atoms with van der Waals surface area (Å²) < 4.78 is 0. The maximum absolute atomic E-state index is 11.5. The summed E-state index contributed by atoms with van der Waals surface area (Å²) in [5.74, 6) is -0.353. The van der Waals surface area contributed by atoms with Gasteiger partial charge < -0.3 is 15.3 Å². The van der Waals surface area contributed by atoms with Crippen molar-refractivity contribution in [2.75, 3.05) is 13.6 Å². The van der Waals surface area contributed by atoms with Crippen LogP contribution in [0.15, 0.2) is 0 Å². The zero-order valence-corrected chi connectivity index (χ0v) is 9.19. The molecule has 0 aromatic heterocycles. The first-order valence-corrected chi connectivity index (χ1v) is 5.29. The van der Waals surface area contributed by atoms with E-state index in [0.29, 0.717) is 18.9 Å². The van der Waals surface area contributed by atoms with Gasteiger partial charge in [-0.2, -0.15) is 0 Å². The molecule has 86 valence electrons. The molecule has 5 nitrogen and oxygen atoms in total. The summed E-state index contributed by atoms with van der Waals surface area (Å²) in [4.78, 5) is 23.6. The van der Waals surface area contributed by atoms with Gasteiger partial charge in [0.25, 0.3) is 0 Å². The van der Waals surface area contributed by atoms with Gasteiger partial charge in [0.15, 0.2) is 0 Å². The number of hydrogen-bond donors (Lipinski definition) is 2. The molecule has 2 amide bonds. The minimum atomic E-state index is -0.957. The molecule has 0 radical (unpaired) electrons. The number of carbonyl (C=O) groups excluding carboxylic acids is 1. The van der Waals surface area contributed by atoms with Crippen LogP contribution in [0.4, 0.5) is 4.79 Å². The molecule has 0 heterocycles. The van der Waals surface area contributed by atoms with Gasteiger partial charge in [0.2, 0.25) is 0 Å². The van der Waals surface area contributed by atoms with Crippen LogP contribution in [0.5, 0.6) is 0 Å². The number of carbonyl (C=O) groups is 2. The normalized spacial score (nSPS) is 16.9. The first kappa shape index (κ1) is 11.8. The van der Waals surface area contributed by atoms with Crippen LogP contribution in [0.25, 0.3) is 0 Å². The molecule has 1 rings (SSSR count). The van der Waals surface area contributed by atoms with E-state index in [-0.39, 0.29) is 6.03 Å². The van der Waals surface area contributed by atoms with E-state index >= 15 is 0 Å². The number of rotatable bonds is 5. The predicted octanol–water partition coefficient (Wildman–Crippen LogP) is 0.901. The Morgan fingerprint density at radius 3 is 2.53 bits per heavy atom. The molecule has 1 aliphatic rings. The van der Waals surface area contributed by atoms with Gasteiger partial charge in [-0.25, -0.2) is 9.59 Å². The quantitative estimate of drug-likeness (QED) is 0.714. The highest BCUT2D eigenvalue weighted by Crippen LogP contribution is 2.27. The third-order valence-electron chi connectivity index (χ3n) is 2.70. The highest BCUT2D eigenvalue weighted by atomic mass is 16.4. The first-order chi connectivity index (χ1) is 7.06. The van der Waals surface area contributed by atoms with Crippen LogP contribution in [0, 0.1) is 5.92 Å². The number of aliphatic carboxylic acids is 1. The molecule has 1 atom stereocenters. The van der Waals surface area contributed by atoms with Crippen molar-refractivity contribution in [3.63, 3.8) is 0 Å². The molecule has 2 N–H and O–H groups in total. The molecule has 5 heteroatoms. The monoisotopic (exact) mass is 214 g/mol. The van der Waals surface area contributed by atoms with Crippen molar-refractivity contribution in [2.45, 2.75) is 32.2 Å². The van der Waals surface area contributed by atoms with Crippen molar-refractivity contribution < 1.29 is 14.7 Å². The number of nitrogens with one attached hydrogen (secondary N) is 1. The van der Waals surface area contributed by atoms with Crippen molar-refractivity contribution in [3.05, 3.63) is 0 Å². The van der Waals surface area contributed by atoms with Gasteiger partial charge in [-0.1, -0.05) is 6.92 Å². The summed E-state index contributed by atoms with van der Waals surface area (Å²) in [6.07, 6.45) is 2.75. The van der Waals surface area contributed by atoms with Crippen molar-refractivity contribution in [2.24, 2.45) is 5.92 Å². The first-order valence-electron chi connectivity index (χ1n) is 5.29. The van der Waals surface area contributed by atoms with Crippen LogP contribution in [0.3, 0.4) is 0 Å². The molecule has 15 heavy (non-hydrogen) atoms. The molecule has 1 fully saturated rings. The van der Waals surface area contributed by atoms with E-state index in [1.165, 1.54) is 24.8 Å². The van der Waals surface area contributed by atoms with Crippen LogP contribution < -0.4 is 5.32 Å². The fourth-order valence-electron chi connectivity index (χ4n) is 1.43. The third-order valence-corrected chi connectivity index (χ3v) is 2.70. The Kier molecular flexibility index (Phi) is 3.94. The fourth-order valence-corrected chi connectivity index (χ4v) is 1.43. The number of nitrogens with zero attached hydrogens (tertiary/aromatic N) is 1. The van der Waals surface area contributed by atoms with Gasteiger partial charge >= 0.3 is 12.0 Å². The topological polar surface area (TPSA) is 69.6 Å². The molecule has 0 aromatic rings. The van der Waals surface area contributed by atoms with Crippen molar-refractivity contribution in [3.8, 4) is 0 Å². The second kappa shape index (κ2) is 5.00. The van der Waals surface area contributed by atoms with Gasteiger partial charge in [-0.3, -0.25) is 0 Å². The zero-order valence-electron chi connectivity index (χ0n) is 9.19. The summed E-state index contributed by atoms with van der Waals surface area (Å²) in [7, 11) is 1.52. The number of amides is 2. The highest BCUT2D eigenvalue weighted by molar-refractivity contribution is 5.82. The van der Waals surface area contributed by atoms with Crippen molar-refractivity contribution >= 4 is 12.0 Å². The molecular formula is C10H18N2O3. The number of urea groups is 1. The van der Waals surface area contributed by atoms with Gasteiger partial charge in [-0.15, -0.1) is 0 Å². The van der Waals surface area contributed by atoms with E-state index in [1.54, 1.807) is 6.92 Å². The van der Waals surface area contributed by atoms with E-state index in [1.807, 2.05) is 0 Å². The van der Waals surface area contributed by atoms with Crippen LogP contribution in [-0.4, -0.2) is 41.6 Å². The molecule has 0 bridgehead atoms. The summed E-state index contributed by atoms with van der Waals surface area (Å²) in [5.41, 5.74) is 0. The van der Waals surface area contributed by atoms with Crippen LogP contribution in [0.2, 0.25) is 0 Å². The Morgan fingerprint density at radius 1 is 1.53 bits per heavy atom. The van der Waals surface area contributed by atoms with Gasteiger partial charge in [0.1, 0.15) is 6.04 Å². The standard InChI is InChI=1S/C10H18N2O3/c1-3-8(9(13)14)12(2)10(15)11-6-7-4-5-7/h7-8H,3-6H2,1-2H3,(H,11,15)(H,13,14). The molecule has 0 aliphatic heterocycles. The number of carboxylic acid groups (broad SMARTS) is 1. The second-order valence-electron chi connectivity index (χ2n) is 4.00. The summed E-state index contributed by atoms with van der Waals surface area (Å²) in [6.45, 7) is 2.42. The molecule has 1 unspecified atom stereocenters. The minimum Gasteiger partial charge on any atom is -0.480 e. The van der Waals surface area contributed by atoms with E-state index in [2.05, 4.69) is 5.32 Å². The van der Waals surface area contributed by atoms with E-state index in [0.717, 1.165) is 0 Å². The third kappa shape index (κ3) is 3.42. The Labute approximate surface area is 89.4 Å². The maximum atomic E-state index is 11.5. The van der Waals surface area contributed by atoms with Crippen LogP contribution in [-0.2, 0) is 4.79 Å². The van der Waals surface area contributed by atoms with Gasteiger partial charge in [-0.05, 0) is 25.2 Å². The van der Waals surface area contributed by atoms with Gasteiger partial charge in [0, 0.05) is 13.6 Å². The second-order valence-corrected chi connectivity index (χ2v) is 4.00.